The van der Waals surface area contributed by atoms with Gasteiger partial charge in [-0.1, -0.05) is 30.3 Å². The second-order valence-corrected chi connectivity index (χ2v) is 6.17. The first-order valence-electron chi connectivity index (χ1n) is 6.65. The van der Waals surface area contributed by atoms with Gasteiger partial charge in [-0.3, -0.25) is 4.98 Å². The summed E-state index contributed by atoms with van der Waals surface area (Å²) in [6.07, 6.45) is 3.91. The Morgan fingerprint density at radius 2 is 2.00 bits per heavy atom. The predicted octanol–water partition coefficient (Wildman–Crippen LogP) is 3.52. The monoisotopic (exact) mass is 316 g/mol. The van der Waals surface area contributed by atoms with Crippen LogP contribution < -0.4 is 5.73 Å². The van der Waals surface area contributed by atoms with Crippen LogP contribution in [0.1, 0.15) is 23.6 Å². The molecule has 1 aromatic heterocycles. The minimum atomic E-state index is 0.207. The average Bonchev–Trinajstić information content (AvgIpc) is 3.23. The Kier molecular flexibility index (Phi) is 3.67. The number of nitrogens with two attached hydrogens (primary N) is 1. The molecule has 1 aliphatic carbocycles. The van der Waals surface area contributed by atoms with Crippen LogP contribution in [0.25, 0.3) is 0 Å². The number of benzene rings is 1. The lowest BCUT2D eigenvalue weighted by atomic mass is 10.0. The fourth-order valence-corrected chi connectivity index (χ4v) is 2.93. The van der Waals surface area contributed by atoms with Gasteiger partial charge in [0.25, 0.3) is 0 Å². The molecule has 1 heterocycles. The number of nitrogens with zero attached hydrogens (tertiary/aromatic N) is 1. The molecule has 3 rings (SSSR count). The van der Waals surface area contributed by atoms with Crippen molar-refractivity contribution in [3.8, 4) is 0 Å². The number of rotatable bonds is 4. The molecule has 0 bridgehead atoms. The molecule has 0 saturated heterocycles. The quantitative estimate of drug-likeness (QED) is 0.937. The Morgan fingerprint density at radius 3 is 2.68 bits per heavy atom. The van der Waals surface area contributed by atoms with E-state index in [1.165, 1.54) is 12.0 Å². The Morgan fingerprint density at radius 1 is 1.21 bits per heavy atom. The number of halogens is 1. The summed E-state index contributed by atoms with van der Waals surface area (Å²) in [5.41, 5.74) is 8.83. The van der Waals surface area contributed by atoms with Crippen molar-refractivity contribution in [1.82, 2.24) is 4.98 Å². The van der Waals surface area contributed by atoms with Crippen LogP contribution in [0.5, 0.6) is 0 Å². The molecule has 98 valence electrons. The zero-order chi connectivity index (χ0) is 13.2. The van der Waals surface area contributed by atoms with Crippen LogP contribution in [0.2, 0.25) is 0 Å². The highest BCUT2D eigenvalue weighted by Crippen LogP contribution is 2.49. The molecule has 0 radical (unpaired) electrons. The van der Waals surface area contributed by atoms with Gasteiger partial charge in [0.1, 0.15) is 0 Å². The third kappa shape index (κ3) is 3.04. The van der Waals surface area contributed by atoms with Crippen molar-refractivity contribution in [1.29, 1.82) is 0 Å². The van der Waals surface area contributed by atoms with Crippen molar-refractivity contribution in [2.75, 3.05) is 0 Å². The molecule has 0 amide bonds. The van der Waals surface area contributed by atoms with Crippen molar-refractivity contribution >= 4 is 15.9 Å². The third-order valence-corrected chi connectivity index (χ3v) is 4.32. The molecule has 1 aromatic carbocycles. The van der Waals surface area contributed by atoms with Gasteiger partial charge in [-0.2, -0.15) is 0 Å². The second-order valence-electron chi connectivity index (χ2n) is 5.25. The van der Waals surface area contributed by atoms with Gasteiger partial charge >= 0.3 is 0 Å². The van der Waals surface area contributed by atoms with E-state index in [0.717, 1.165) is 16.6 Å². The van der Waals surface area contributed by atoms with Crippen molar-refractivity contribution in [3.63, 3.8) is 0 Å². The molecule has 2 nitrogen and oxygen atoms in total. The molecule has 1 fully saturated rings. The molecular formula is C16H17BrN2. The lowest BCUT2D eigenvalue weighted by molar-refractivity contribution is 0.571. The smallest absolute Gasteiger partial charge is 0.0420 e. The molecule has 3 atom stereocenters. The Labute approximate surface area is 122 Å². The molecule has 2 N–H and O–H groups in total. The summed E-state index contributed by atoms with van der Waals surface area (Å²) in [5.74, 6) is 1.25. The molecule has 1 saturated carbocycles. The van der Waals surface area contributed by atoms with Gasteiger partial charge in [0.15, 0.2) is 0 Å². The maximum atomic E-state index is 6.33. The van der Waals surface area contributed by atoms with E-state index in [2.05, 4.69) is 51.2 Å². The average molecular weight is 317 g/mol. The van der Waals surface area contributed by atoms with E-state index in [1.54, 1.807) is 0 Å². The van der Waals surface area contributed by atoms with E-state index in [1.807, 2.05) is 18.3 Å². The van der Waals surface area contributed by atoms with E-state index in [9.17, 15) is 0 Å². The van der Waals surface area contributed by atoms with Gasteiger partial charge in [-0.25, -0.2) is 0 Å². The first-order valence-corrected chi connectivity index (χ1v) is 7.44. The third-order valence-electron chi connectivity index (χ3n) is 3.85. The van der Waals surface area contributed by atoms with Crippen LogP contribution in [0.15, 0.2) is 53.1 Å². The summed E-state index contributed by atoms with van der Waals surface area (Å²) >= 11 is 3.40. The highest BCUT2D eigenvalue weighted by molar-refractivity contribution is 9.10. The fourth-order valence-electron chi connectivity index (χ4n) is 2.69. The van der Waals surface area contributed by atoms with Gasteiger partial charge in [-0.15, -0.1) is 0 Å². The van der Waals surface area contributed by atoms with E-state index in [0.29, 0.717) is 11.8 Å². The van der Waals surface area contributed by atoms with E-state index in [4.69, 9.17) is 5.73 Å². The summed E-state index contributed by atoms with van der Waals surface area (Å²) in [5, 5.41) is 0. The van der Waals surface area contributed by atoms with Crippen molar-refractivity contribution in [2.24, 2.45) is 11.7 Å². The van der Waals surface area contributed by atoms with Gasteiger partial charge in [-0.05, 0) is 51.9 Å². The van der Waals surface area contributed by atoms with E-state index < -0.39 is 0 Å². The summed E-state index contributed by atoms with van der Waals surface area (Å²) in [4.78, 5) is 4.40. The van der Waals surface area contributed by atoms with E-state index >= 15 is 0 Å². The predicted molar refractivity (Wildman–Crippen MR) is 80.9 cm³/mol. The van der Waals surface area contributed by atoms with Crippen molar-refractivity contribution < 1.29 is 0 Å². The highest BCUT2D eigenvalue weighted by atomic mass is 79.9. The number of hydrogen-bond acceptors (Lipinski definition) is 2. The number of pyridine rings is 1. The van der Waals surface area contributed by atoms with Gasteiger partial charge in [0.05, 0.1) is 0 Å². The topological polar surface area (TPSA) is 38.9 Å². The molecule has 1 aliphatic rings. The zero-order valence-corrected chi connectivity index (χ0v) is 12.3. The Balaban J connectivity index is 1.61. The van der Waals surface area contributed by atoms with E-state index in [-0.39, 0.29) is 6.04 Å². The maximum Gasteiger partial charge on any atom is 0.0420 e. The molecule has 0 spiro atoms. The highest BCUT2D eigenvalue weighted by Gasteiger charge is 2.42. The second kappa shape index (κ2) is 5.43. The van der Waals surface area contributed by atoms with Crippen LogP contribution in [0.3, 0.4) is 0 Å². The summed E-state index contributed by atoms with van der Waals surface area (Å²) < 4.78 is 1.01. The maximum absolute atomic E-state index is 6.33. The molecule has 2 aromatic rings. The first kappa shape index (κ1) is 12.8. The number of hydrogen-bond donors (Lipinski definition) is 1. The lowest BCUT2D eigenvalue weighted by Gasteiger charge is -2.11. The van der Waals surface area contributed by atoms with Crippen LogP contribution in [-0.4, -0.2) is 11.0 Å². The normalized spacial score (nSPS) is 23.1. The van der Waals surface area contributed by atoms with Crippen LogP contribution in [-0.2, 0) is 6.42 Å². The molecule has 0 aliphatic heterocycles. The minimum Gasteiger partial charge on any atom is -0.327 e. The standard InChI is InChI=1S/C16H17BrN2/c17-12-6-7-13(19-10-12)8-16(18)15-9-14(15)11-4-2-1-3-5-11/h1-7,10,14-16H,8-9,18H2. The first-order chi connectivity index (χ1) is 9.24. The van der Waals surface area contributed by atoms with Crippen LogP contribution >= 0.6 is 15.9 Å². The Bertz CT molecular complexity index is 538. The minimum absolute atomic E-state index is 0.207. The summed E-state index contributed by atoms with van der Waals surface area (Å²) in [6, 6.07) is 15.0. The summed E-state index contributed by atoms with van der Waals surface area (Å²) in [6.45, 7) is 0. The van der Waals surface area contributed by atoms with Crippen molar-refractivity contribution in [3.05, 3.63) is 64.4 Å². The van der Waals surface area contributed by atoms with Crippen LogP contribution in [0, 0.1) is 5.92 Å². The molecular weight excluding hydrogens is 300 g/mol. The number of aromatic nitrogens is 1. The van der Waals surface area contributed by atoms with Crippen LogP contribution in [0.4, 0.5) is 0 Å². The summed E-state index contributed by atoms with van der Waals surface area (Å²) in [7, 11) is 0. The molecule has 3 heteroatoms. The molecule has 3 unspecified atom stereocenters. The fraction of sp³-hybridized carbons (Fsp3) is 0.312. The van der Waals surface area contributed by atoms with Crippen molar-refractivity contribution in [2.45, 2.75) is 24.8 Å². The zero-order valence-electron chi connectivity index (χ0n) is 10.7. The largest absolute Gasteiger partial charge is 0.327 e. The SMILES string of the molecule is NC(Cc1ccc(Br)cn1)C1CC1c1ccccc1. The lowest BCUT2D eigenvalue weighted by Crippen LogP contribution is -2.26. The van der Waals surface area contributed by atoms with Gasteiger partial charge < -0.3 is 5.73 Å². The molecule has 19 heavy (non-hydrogen) atoms. The Hall–Kier alpha value is -1.19. The van der Waals surface area contributed by atoms with Gasteiger partial charge in [0.2, 0.25) is 0 Å². The van der Waals surface area contributed by atoms with Gasteiger partial charge in [0, 0.05) is 28.8 Å².